The number of sulfonamides is 1. The first-order valence-corrected chi connectivity index (χ1v) is 5.73. The molecule has 1 aromatic heterocycles. The number of rotatable bonds is 5. The molecule has 0 unspecified atom stereocenters. The summed E-state index contributed by atoms with van der Waals surface area (Å²) in [5.74, 6) is -0.197. The molecule has 15 heavy (non-hydrogen) atoms. The Balaban J connectivity index is 2.42. The number of nitrogens with one attached hydrogen (secondary N) is 3. The number of carbonyl (C=O) groups excluding carboxylic acids is 1. The Labute approximate surface area is 87.3 Å². The van der Waals surface area contributed by atoms with Crippen LogP contribution in [0.1, 0.15) is 6.92 Å². The second-order valence-corrected chi connectivity index (χ2v) is 4.58. The van der Waals surface area contributed by atoms with E-state index in [0.29, 0.717) is 0 Å². The molecule has 0 saturated heterocycles. The van der Waals surface area contributed by atoms with Gasteiger partial charge in [-0.25, -0.2) is 13.1 Å². The maximum Gasteiger partial charge on any atom is 0.243 e. The standard InChI is InChI=1S/C7H12N4O3S/c1-6(12)8-2-3-11-15(13,14)7-4-9-10-5-7/h4-5,11H,2-3H2,1H3,(H,8,12)(H,9,10). The highest BCUT2D eigenvalue weighted by Gasteiger charge is 2.13. The normalized spacial score (nSPS) is 11.3. The van der Waals surface area contributed by atoms with Crippen LogP contribution in [-0.2, 0) is 14.8 Å². The second-order valence-electron chi connectivity index (χ2n) is 2.81. The molecule has 0 radical (unpaired) electrons. The Morgan fingerprint density at radius 2 is 2.27 bits per heavy atom. The fourth-order valence-electron chi connectivity index (χ4n) is 0.893. The van der Waals surface area contributed by atoms with E-state index in [1.165, 1.54) is 19.3 Å². The number of carbonyl (C=O) groups is 1. The van der Waals surface area contributed by atoms with E-state index in [2.05, 4.69) is 20.2 Å². The molecule has 0 aromatic carbocycles. The van der Waals surface area contributed by atoms with E-state index in [9.17, 15) is 13.2 Å². The summed E-state index contributed by atoms with van der Waals surface area (Å²) in [5.41, 5.74) is 0. The minimum absolute atomic E-state index is 0.0744. The summed E-state index contributed by atoms with van der Waals surface area (Å²) in [6, 6.07) is 0. The molecule has 8 heteroatoms. The van der Waals surface area contributed by atoms with Gasteiger partial charge in [-0.2, -0.15) is 5.10 Å². The summed E-state index contributed by atoms with van der Waals surface area (Å²) in [7, 11) is -3.51. The van der Waals surface area contributed by atoms with Gasteiger partial charge in [-0.1, -0.05) is 0 Å². The SMILES string of the molecule is CC(=O)NCCNS(=O)(=O)c1cn[nH]c1. The monoisotopic (exact) mass is 232 g/mol. The van der Waals surface area contributed by atoms with Crippen molar-refractivity contribution in [3.8, 4) is 0 Å². The highest BCUT2D eigenvalue weighted by Crippen LogP contribution is 2.02. The Morgan fingerprint density at radius 1 is 1.53 bits per heavy atom. The van der Waals surface area contributed by atoms with Gasteiger partial charge in [0.2, 0.25) is 15.9 Å². The molecule has 0 saturated carbocycles. The van der Waals surface area contributed by atoms with Gasteiger partial charge in [0.15, 0.2) is 0 Å². The van der Waals surface area contributed by atoms with Crippen LogP contribution >= 0.6 is 0 Å². The lowest BCUT2D eigenvalue weighted by Crippen LogP contribution is -2.33. The molecule has 1 amide bonds. The van der Waals surface area contributed by atoms with Crippen LogP contribution < -0.4 is 10.0 Å². The van der Waals surface area contributed by atoms with Crippen molar-refractivity contribution < 1.29 is 13.2 Å². The second kappa shape index (κ2) is 4.89. The van der Waals surface area contributed by atoms with E-state index in [0.717, 1.165) is 0 Å². The minimum Gasteiger partial charge on any atom is -0.355 e. The Hall–Kier alpha value is -1.41. The van der Waals surface area contributed by atoms with Crippen LogP contribution in [0.4, 0.5) is 0 Å². The molecule has 0 aliphatic rings. The van der Waals surface area contributed by atoms with Crippen molar-refractivity contribution in [2.24, 2.45) is 0 Å². The third kappa shape index (κ3) is 3.68. The molecule has 0 spiro atoms. The van der Waals surface area contributed by atoms with E-state index in [1.54, 1.807) is 0 Å². The molecule has 0 aliphatic carbocycles. The average Bonchev–Trinajstić information content (AvgIpc) is 2.65. The van der Waals surface area contributed by atoms with Gasteiger partial charge in [-0.05, 0) is 0 Å². The summed E-state index contributed by atoms with van der Waals surface area (Å²) in [5, 5.41) is 8.41. The van der Waals surface area contributed by atoms with E-state index in [1.807, 2.05) is 0 Å². The van der Waals surface area contributed by atoms with Gasteiger partial charge >= 0.3 is 0 Å². The van der Waals surface area contributed by atoms with E-state index in [4.69, 9.17) is 0 Å². The van der Waals surface area contributed by atoms with Crippen molar-refractivity contribution >= 4 is 15.9 Å². The van der Waals surface area contributed by atoms with Crippen molar-refractivity contribution in [3.05, 3.63) is 12.4 Å². The van der Waals surface area contributed by atoms with Crippen LogP contribution in [0.25, 0.3) is 0 Å². The van der Waals surface area contributed by atoms with Crippen LogP contribution in [0.3, 0.4) is 0 Å². The molecule has 84 valence electrons. The Kier molecular flexibility index (Phi) is 3.81. The lowest BCUT2D eigenvalue weighted by molar-refractivity contribution is -0.118. The summed E-state index contributed by atoms with van der Waals surface area (Å²) < 4.78 is 25.2. The van der Waals surface area contributed by atoms with Gasteiger partial charge in [0.25, 0.3) is 0 Å². The smallest absolute Gasteiger partial charge is 0.243 e. The molecule has 1 aromatic rings. The Bertz CT molecular complexity index is 411. The zero-order valence-corrected chi connectivity index (χ0v) is 8.97. The van der Waals surface area contributed by atoms with Crippen LogP contribution in [-0.4, -0.2) is 37.6 Å². The maximum atomic E-state index is 11.5. The van der Waals surface area contributed by atoms with Crippen LogP contribution in [0.15, 0.2) is 17.3 Å². The molecular formula is C7H12N4O3S. The van der Waals surface area contributed by atoms with Crippen molar-refractivity contribution in [2.45, 2.75) is 11.8 Å². The molecule has 7 nitrogen and oxygen atoms in total. The highest BCUT2D eigenvalue weighted by atomic mass is 32.2. The molecule has 0 fully saturated rings. The number of hydrogen-bond donors (Lipinski definition) is 3. The molecule has 0 aliphatic heterocycles. The van der Waals surface area contributed by atoms with Gasteiger partial charge in [0.05, 0.1) is 6.20 Å². The van der Waals surface area contributed by atoms with Crippen LogP contribution in [0, 0.1) is 0 Å². The fourth-order valence-corrected chi connectivity index (χ4v) is 1.83. The number of hydrogen-bond acceptors (Lipinski definition) is 4. The number of aromatic nitrogens is 2. The first kappa shape index (κ1) is 11.7. The van der Waals surface area contributed by atoms with Gasteiger partial charge in [0.1, 0.15) is 4.90 Å². The molecule has 1 heterocycles. The summed E-state index contributed by atoms with van der Waals surface area (Å²) in [4.78, 5) is 10.6. The van der Waals surface area contributed by atoms with Crippen LogP contribution in [0.5, 0.6) is 0 Å². The largest absolute Gasteiger partial charge is 0.355 e. The minimum atomic E-state index is -3.51. The van der Waals surface area contributed by atoms with Gasteiger partial charge in [-0.15, -0.1) is 0 Å². The molecule has 0 atom stereocenters. The topological polar surface area (TPSA) is 104 Å². The Morgan fingerprint density at radius 3 is 2.80 bits per heavy atom. The first-order valence-electron chi connectivity index (χ1n) is 4.25. The van der Waals surface area contributed by atoms with Crippen molar-refractivity contribution in [1.29, 1.82) is 0 Å². The van der Waals surface area contributed by atoms with E-state index >= 15 is 0 Å². The highest BCUT2D eigenvalue weighted by molar-refractivity contribution is 7.89. The number of amides is 1. The van der Waals surface area contributed by atoms with Gasteiger partial charge in [0, 0.05) is 26.2 Å². The fraction of sp³-hybridized carbons (Fsp3) is 0.429. The quantitative estimate of drug-likeness (QED) is 0.556. The number of nitrogens with zero attached hydrogens (tertiary/aromatic N) is 1. The van der Waals surface area contributed by atoms with Crippen molar-refractivity contribution in [1.82, 2.24) is 20.2 Å². The van der Waals surface area contributed by atoms with Crippen molar-refractivity contribution in [3.63, 3.8) is 0 Å². The predicted octanol–water partition coefficient (Wildman–Crippen LogP) is -1.18. The molecule has 1 rings (SSSR count). The lowest BCUT2D eigenvalue weighted by Gasteiger charge is -2.04. The van der Waals surface area contributed by atoms with Gasteiger partial charge in [-0.3, -0.25) is 9.89 Å². The molecule has 0 bridgehead atoms. The van der Waals surface area contributed by atoms with E-state index in [-0.39, 0.29) is 23.9 Å². The maximum absolute atomic E-state index is 11.5. The summed E-state index contributed by atoms with van der Waals surface area (Å²) in [6.45, 7) is 1.77. The number of aromatic amines is 1. The van der Waals surface area contributed by atoms with Crippen LogP contribution in [0.2, 0.25) is 0 Å². The summed E-state index contributed by atoms with van der Waals surface area (Å²) in [6.07, 6.45) is 2.49. The van der Waals surface area contributed by atoms with Gasteiger partial charge < -0.3 is 5.32 Å². The third-order valence-electron chi connectivity index (χ3n) is 1.57. The summed E-state index contributed by atoms with van der Waals surface area (Å²) >= 11 is 0. The lowest BCUT2D eigenvalue weighted by atomic mass is 10.6. The van der Waals surface area contributed by atoms with E-state index < -0.39 is 10.0 Å². The third-order valence-corrected chi connectivity index (χ3v) is 3.00. The predicted molar refractivity (Wildman–Crippen MR) is 52.5 cm³/mol. The van der Waals surface area contributed by atoms with Crippen molar-refractivity contribution in [2.75, 3.05) is 13.1 Å². The zero-order valence-electron chi connectivity index (χ0n) is 8.15. The molecule has 3 N–H and O–H groups in total. The number of H-pyrrole nitrogens is 1. The average molecular weight is 232 g/mol. The molecular weight excluding hydrogens is 220 g/mol. The first-order chi connectivity index (χ1) is 7.02. The zero-order chi connectivity index (χ0) is 11.3.